The number of phenolic OH excluding ortho intramolecular Hbond substituents is 4. The number of aliphatic hydroxyl groups excluding tert-OH is 3. The van der Waals surface area contributed by atoms with Crippen LogP contribution >= 0.6 is 0 Å². The minimum absolute atomic E-state index is 0.0181. The molecule has 0 aliphatic carbocycles. The monoisotopic (exact) mass is 594 g/mol. The van der Waals surface area contributed by atoms with Gasteiger partial charge in [-0.1, -0.05) is 12.1 Å². The molecule has 1 aliphatic heterocycles. The number of hydrogen-bond acceptors (Lipinski definition) is 13. The van der Waals surface area contributed by atoms with Crippen LogP contribution in [0.5, 0.6) is 28.7 Å². The van der Waals surface area contributed by atoms with E-state index in [0.717, 1.165) is 18.2 Å². The Hall–Kier alpha value is -5.08. The van der Waals surface area contributed by atoms with Gasteiger partial charge in [-0.15, -0.1) is 0 Å². The molecule has 1 aliphatic rings. The second kappa shape index (κ2) is 12.0. The molecule has 1 saturated heterocycles. The van der Waals surface area contributed by atoms with Gasteiger partial charge in [0.25, 0.3) is 0 Å². The summed E-state index contributed by atoms with van der Waals surface area (Å²) in [5, 5.41) is 70.2. The van der Waals surface area contributed by atoms with E-state index < -0.39 is 66.0 Å². The third kappa shape index (κ3) is 6.10. The van der Waals surface area contributed by atoms with E-state index in [0.29, 0.717) is 5.56 Å². The Labute approximate surface area is 242 Å². The first-order valence-electron chi connectivity index (χ1n) is 12.8. The van der Waals surface area contributed by atoms with Crippen LogP contribution in [0.3, 0.4) is 0 Å². The molecule has 2 heterocycles. The van der Waals surface area contributed by atoms with Crippen molar-refractivity contribution in [3.63, 3.8) is 0 Å². The lowest BCUT2D eigenvalue weighted by Gasteiger charge is -2.41. The minimum Gasteiger partial charge on any atom is -0.508 e. The van der Waals surface area contributed by atoms with E-state index in [9.17, 15) is 45.3 Å². The van der Waals surface area contributed by atoms with Crippen LogP contribution in [0.1, 0.15) is 5.56 Å². The van der Waals surface area contributed by atoms with Crippen molar-refractivity contribution in [1.29, 1.82) is 0 Å². The summed E-state index contributed by atoms with van der Waals surface area (Å²) in [7, 11) is 0. The van der Waals surface area contributed by atoms with Crippen molar-refractivity contribution < 1.29 is 59.2 Å². The fourth-order valence-corrected chi connectivity index (χ4v) is 4.49. The van der Waals surface area contributed by atoms with Gasteiger partial charge in [0.1, 0.15) is 52.3 Å². The molecular formula is C30H26O13. The first kappa shape index (κ1) is 29.4. The standard InChI is InChI=1S/C30H26O13/c31-13-21-24(37)26(39)29(42-22(36)10-3-14-1-6-16(32)7-2-14)30(41-21)43-28-25(38)23-19(35)11-18(34)12-20(23)40-27(28)15-4-8-17(33)9-5-15/h1-12,21,24,26,29-35,37,39H,13H2/b10-3-/t21-,24+,26-,29-,30-/m0/s1. The first-order chi connectivity index (χ1) is 20.5. The quantitative estimate of drug-likeness (QED) is 0.120. The molecule has 1 fully saturated rings. The fourth-order valence-electron chi connectivity index (χ4n) is 4.49. The van der Waals surface area contributed by atoms with Gasteiger partial charge < -0.3 is 54.4 Å². The fraction of sp³-hybridized carbons (Fsp3) is 0.200. The maximum Gasteiger partial charge on any atom is 0.331 e. The molecule has 224 valence electrons. The molecule has 1 aromatic heterocycles. The number of hydrogen-bond donors (Lipinski definition) is 7. The van der Waals surface area contributed by atoms with Crippen LogP contribution < -0.4 is 10.2 Å². The van der Waals surface area contributed by atoms with E-state index in [1.807, 2.05) is 0 Å². The van der Waals surface area contributed by atoms with Crippen LogP contribution in [0.15, 0.2) is 76.0 Å². The summed E-state index contributed by atoms with van der Waals surface area (Å²) in [6, 6.07) is 13.2. The number of rotatable bonds is 7. The Morgan fingerprint density at radius 1 is 0.884 bits per heavy atom. The van der Waals surface area contributed by atoms with Gasteiger partial charge in [0, 0.05) is 23.8 Å². The van der Waals surface area contributed by atoms with Gasteiger partial charge in [-0.25, -0.2) is 4.79 Å². The normalized spacial score (nSPS) is 22.1. The van der Waals surface area contributed by atoms with E-state index in [-0.39, 0.29) is 33.8 Å². The number of aliphatic hydroxyl groups is 3. The summed E-state index contributed by atoms with van der Waals surface area (Å²) in [5.41, 5.74) is -0.422. The molecule has 7 N–H and O–H groups in total. The van der Waals surface area contributed by atoms with Crippen LogP contribution in [0.25, 0.3) is 28.4 Å². The number of benzene rings is 3. The van der Waals surface area contributed by atoms with Crippen molar-refractivity contribution in [1.82, 2.24) is 0 Å². The number of fused-ring (bicyclic) bond motifs is 1. The predicted molar refractivity (Wildman–Crippen MR) is 148 cm³/mol. The molecular weight excluding hydrogens is 568 g/mol. The van der Waals surface area contributed by atoms with E-state index in [1.165, 1.54) is 54.6 Å². The summed E-state index contributed by atoms with van der Waals surface area (Å²) in [6.45, 7) is -0.781. The number of carbonyl (C=O) groups excluding carboxylic acids is 1. The van der Waals surface area contributed by atoms with Crippen LogP contribution in [0.4, 0.5) is 0 Å². The van der Waals surface area contributed by atoms with Gasteiger partial charge >= 0.3 is 5.97 Å². The molecule has 0 spiro atoms. The summed E-state index contributed by atoms with van der Waals surface area (Å²) in [6.07, 6.45) is -6.16. The zero-order chi connectivity index (χ0) is 30.8. The highest BCUT2D eigenvalue weighted by Crippen LogP contribution is 2.37. The number of phenols is 4. The van der Waals surface area contributed by atoms with Gasteiger partial charge in [-0.2, -0.15) is 0 Å². The van der Waals surface area contributed by atoms with Crippen LogP contribution in [0.2, 0.25) is 0 Å². The Morgan fingerprint density at radius 3 is 2.19 bits per heavy atom. The van der Waals surface area contributed by atoms with E-state index in [1.54, 1.807) is 0 Å². The zero-order valence-corrected chi connectivity index (χ0v) is 22.1. The first-order valence-corrected chi connectivity index (χ1v) is 12.8. The molecule has 0 saturated carbocycles. The van der Waals surface area contributed by atoms with Crippen molar-refractivity contribution in [2.75, 3.05) is 6.61 Å². The SMILES string of the molecule is O=C(/C=C\c1ccc(O)cc1)O[C@@H]1[C@H](Oc2c(-c3ccc(O)cc3)oc3cc(O)cc(O)c3c2=O)O[C@@H](CO)[C@@H](O)[C@@H]1O. The second-order valence-electron chi connectivity index (χ2n) is 9.63. The van der Waals surface area contributed by atoms with Crippen LogP contribution in [-0.2, 0) is 14.3 Å². The predicted octanol–water partition coefficient (Wildman–Crippen LogP) is 1.73. The zero-order valence-electron chi connectivity index (χ0n) is 22.1. The summed E-state index contributed by atoms with van der Waals surface area (Å²) >= 11 is 0. The Bertz CT molecular complexity index is 1710. The molecule has 3 aromatic carbocycles. The van der Waals surface area contributed by atoms with Crippen molar-refractivity contribution >= 4 is 23.0 Å². The molecule has 13 nitrogen and oxygen atoms in total. The summed E-state index contributed by atoms with van der Waals surface area (Å²) in [4.78, 5) is 26.4. The molecule has 4 aromatic rings. The highest BCUT2D eigenvalue weighted by molar-refractivity contribution is 5.88. The van der Waals surface area contributed by atoms with Crippen molar-refractivity contribution in [3.8, 4) is 40.1 Å². The molecule has 5 rings (SSSR count). The second-order valence-corrected chi connectivity index (χ2v) is 9.63. The van der Waals surface area contributed by atoms with Gasteiger partial charge in [0.05, 0.1) is 6.61 Å². The third-order valence-corrected chi connectivity index (χ3v) is 6.66. The minimum atomic E-state index is -1.85. The Morgan fingerprint density at radius 2 is 1.53 bits per heavy atom. The maximum absolute atomic E-state index is 13.7. The summed E-state index contributed by atoms with van der Waals surface area (Å²) < 4.78 is 22.7. The summed E-state index contributed by atoms with van der Waals surface area (Å²) in [5.74, 6) is -2.94. The molecule has 5 atom stereocenters. The average Bonchev–Trinajstić information content (AvgIpc) is 2.97. The Balaban J connectivity index is 1.55. The highest BCUT2D eigenvalue weighted by atomic mass is 16.7. The molecule has 0 bridgehead atoms. The average molecular weight is 595 g/mol. The lowest BCUT2D eigenvalue weighted by molar-refractivity contribution is -0.281. The lowest BCUT2D eigenvalue weighted by atomic mass is 9.99. The number of esters is 1. The van der Waals surface area contributed by atoms with E-state index in [4.69, 9.17) is 18.6 Å². The third-order valence-electron chi connectivity index (χ3n) is 6.66. The number of ether oxygens (including phenoxy) is 3. The van der Waals surface area contributed by atoms with Crippen LogP contribution in [0, 0.1) is 0 Å². The highest BCUT2D eigenvalue weighted by Gasteiger charge is 2.48. The van der Waals surface area contributed by atoms with E-state index in [2.05, 4.69) is 0 Å². The smallest absolute Gasteiger partial charge is 0.331 e. The molecule has 43 heavy (non-hydrogen) atoms. The molecule has 0 unspecified atom stereocenters. The van der Waals surface area contributed by atoms with Gasteiger partial charge in [-0.05, 0) is 48.0 Å². The van der Waals surface area contributed by atoms with Gasteiger partial charge in [0.15, 0.2) is 11.9 Å². The van der Waals surface area contributed by atoms with Gasteiger partial charge in [-0.3, -0.25) is 4.79 Å². The topological polar surface area (TPSA) is 217 Å². The van der Waals surface area contributed by atoms with Crippen molar-refractivity contribution in [2.24, 2.45) is 0 Å². The Kier molecular flexibility index (Phi) is 8.23. The van der Waals surface area contributed by atoms with Crippen LogP contribution in [-0.4, -0.2) is 79.0 Å². The number of aromatic hydroxyl groups is 4. The molecule has 13 heteroatoms. The molecule has 0 radical (unpaired) electrons. The van der Waals surface area contributed by atoms with E-state index >= 15 is 0 Å². The largest absolute Gasteiger partial charge is 0.508 e. The van der Waals surface area contributed by atoms with Crippen molar-refractivity contribution in [3.05, 3.63) is 82.5 Å². The van der Waals surface area contributed by atoms with Gasteiger partial charge in [0.2, 0.25) is 17.5 Å². The maximum atomic E-state index is 13.7. The molecule has 0 amide bonds. The number of carbonyl (C=O) groups is 1. The van der Waals surface area contributed by atoms with Crippen molar-refractivity contribution in [2.45, 2.75) is 30.7 Å². The lowest BCUT2D eigenvalue weighted by Crippen LogP contribution is -2.61.